The molecule has 0 saturated carbocycles. The van der Waals surface area contributed by atoms with E-state index in [2.05, 4.69) is 15.6 Å². The largest absolute Gasteiger partial charge is 0.497 e. The molecule has 3 rings (SSSR count). The van der Waals surface area contributed by atoms with Gasteiger partial charge in [0, 0.05) is 36.6 Å². The SMILES string of the molecule is COc1ccc(CNC(=O)c2cccc(C(=O)NCc3ccncc3)c2)cc1. The van der Waals surface area contributed by atoms with Crippen LogP contribution in [0.25, 0.3) is 0 Å². The standard InChI is InChI=1S/C22H21N3O3/c1-28-20-7-5-16(6-8-20)14-24-21(26)18-3-2-4-19(13-18)22(27)25-15-17-9-11-23-12-10-17/h2-13H,14-15H2,1H3,(H,24,26)(H,25,27). The van der Waals surface area contributed by atoms with Gasteiger partial charge in [-0.25, -0.2) is 0 Å². The highest BCUT2D eigenvalue weighted by Gasteiger charge is 2.10. The summed E-state index contributed by atoms with van der Waals surface area (Å²) in [6.07, 6.45) is 3.35. The Morgan fingerprint density at radius 3 is 1.89 bits per heavy atom. The van der Waals surface area contributed by atoms with E-state index in [9.17, 15) is 9.59 Å². The second-order valence-electron chi connectivity index (χ2n) is 6.15. The number of carbonyl (C=O) groups excluding carboxylic acids is 2. The number of benzene rings is 2. The zero-order valence-electron chi connectivity index (χ0n) is 15.5. The first-order valence-corrected chi connectivity index (χ1v) is 8.84. The van der Waals surface area contributed by atoms with Gasteiger partial charge in [0.25, 0.3) is 11.8 Å². The van der Waals surface area contributed by atoms with Gasteiger partial charge in [-0.05, 0) is 53.6 Å². The number of nitrogens with zero attached hydrogens (tertiary/aromatic N) is 1. The molecular weight excluding hydrogens is 354 g/mol. The molecule has 3 aromatic rings. The Morgan fingerprint density at radius 2 is 1.36 bits per heavy atom. The Bertz CT molecular complexity index is 941. The molecule has 6 nitrogen and oxygen atoms in total. The van der Waals surface area contributed by atoms with Crippen LogP contribution in [0.3, 0.4) is 0 Å². The third-order valence-electron chi connectivity index (χ3n) is 4.20. The number of pyridine rings is 1. The molecule has 0 atom stereocenters. The molecule has 1 heterocycles. The van der Waals surface area contributed by atoms with Crippen LogP contribution in [0.2, 0.25) is 0 Å². The lowest BCUT2D eigenvalue weighted by molar-refractivity contribution is 0.0950. The van der Waals surface area contributed by atoms with Crippen molar-refractivity contribution in [2.75, 3.05) is 7.11 Å². The van der Waals surface area contributed by atoms with Gasteiger partial charge in [-0.1, -0.05) is 18.2 Å². The normalized spacial score (nSPS) is 10.2. The summed E-state index contributed by atoms with van der Waals surface area (Å²) in [5.74, 6) is 0.293. The maximum atomic E-state index is 12.4. The summed E-state index contributed by atoms with van der Waals surface area (Å²) in [6, 6.07) is 17.8. The van der Waals surface area contributed by atoms with Gasteiger partial charge in [0.1, 0.15) is 5.75 Å². The number of nitrogens with one attached hydrogen (secondary N) is 2. The number of aromatic nitrogens is 1. The van der Waals surface area contributed by atoms with E-state index in [1.807, 2.05) is 36.4 Å². The summed E-state index contributed by atoms with van der Waals surface area (Å²) in [7, 11) is 1.61. The summed E-state index contributed by atoms with van der Waals surface area (Å²) in [5.41, 5.74) is 2.79. The molecule has 28 heavy (non-hydrogen) atoms. The lowest BCUT2D eigenvalue weighted by atomic mass is 10.1. The first kappa shape index (κ1) is 19.1. The predicted molar refractivity (Wildman–Crippen MR) is 106 cm³/mol. The smallest absolute Gasteiger partial charge is 0.251 e. The fourth-order valence-corrected chi connectivity index (χ4v) is 2.61. The number of hydrogen-bond acceptors (Lipinski definition) is 4. The number of rotatable bonds is 7. The van der Waals surface area contributed by atoms with Crippen molar-refractivity contribution in [1.29, 1.82) is 0 Å². The molecule has 6 heteroatoms. The van der Waals surface area contributed by atoms with Crippen molar-refractivity contribution in [2.24, 2.45) is 0 Å². The molecule has 0 radical (unpaired) electrons. The van der Waals surface area contributed by atoms with Gasteiger partial charge in [-0.2, -0.15) is 0 Å². The highest BCUT2D eigenvalue weighted by Crippen LogP contribution is 2.11. The topological polar surface area (TPSA) is 80.3 Å². The predicted octanol–water partition coefficient (Wildman–Crippen LogP) is 2.95. The molecule has 2 aromatic carbocycles. The Morgan fingerprint density at radius 1 is 0.821 bits per heavy atom. The van der Waals surface area contributed by atoms with Crippen LogP contribution in [0.4, 0.5) is 0 Å². The van der Waals surface area contributed by atoms with Crippen molar-refractivity contribution in [2.45, 2.75) is 13.1 Å². The first-order chi connectivity index (χ1) is 13.7. The maximum absolute atomic E-state index is 12.4. The highest BCUT2D eigenvalue weighted by molar-refractivity contribution is 5.99. The third kappa shape index (κ3) is 5.17. The van der Waals surface area contributed by atoms with Gasteiger partial charge in [0.2, 0.25) is 0 Å². The van der Waals surface area contributed by atoms with Crippen LogP contribution < -0.4 is 15.4 Å². The summed E-state index contributed by atoms with van der Waals surface area (Å²) >= 11 is 0. The second kappa shape index (κ2) is 9.32. The molecule has 2 N–H and O–H groups in total. The fraction of sp³-hybridized carbons (Fsp3) is 0.136. The van der Waals surface area contributed by atoms with Crippen molar-refractivity contribution in [3.05, 3.63) is 95.3 Å². The fourth-order valence-electron chi connectivity index (χ4n) is 2.61. The van der Waals surface area contributed by atoms with Crippen molar-refractivity contribution in [1.82, 2.24) is 15.6 Å². The highest BCUT2D eigenvalue weighted by atomic mass is 16.5. The monoisotopic (exact) mass is 375 g/mol. The van der Waals surface area contributed by atoms with Crippen LogP contribution in [0.15, 0.2) is 73.1 Å². The molecule has 0 spiro atoms. The maximum Gasteiger partial charge on any atom is 0.251 e. The van der Waals surface area contributed by atoms with Crippen molar-refractivity contribution in [3.63, 3.8) is 0 Å². The van der Waals surface area contributed by atoms with E-state index in [1.54, 1.807) is 43.8 Å². The van der Waals surface area contributed by atoms with Gasteiger partial charge < -0.3 is 15.4 Å². The summed E-state index contributed by atoms with van der Waals surface area (Å²) < 4.78 is 5.12. The summed E-state index contributed by atoms with van der Waals surface area (Å²) in [4.78, 5) is 28.7. The lowest BCUT2D eigenvalue weighted by Gasteiger charge is -2.09. The average molecular weight is 375 g/mol. The number of amides is 2. The van der Waals surface area contributed by atoms with Gasteiger partial charge >= 0.3 is 0 Å². The van der Waals surface area contributed by atoms with E-state index in [0.717, 1.165) is 16.9 Å². The quantitative estimate of drug-likeness (QED) is 0.665. The molecule has 0 bridgehead atoms. The summed E-state index contributed by atoms with van der Waals surface area (Å²) in [5, 5.41) is 5.70. The van der Waals surface area contributed by atoms with Crippen LogP contribution in [-0.2, 0) is 13.1 Å². The van der Waals surface area contributed by atoms with E-state index in [4.69, 9.17) is 4.74 Å². The number of methoxy groups -OCH3 is 1. The summed E-state index contributed by atoms with van der Waals surface area (Å²) in [6.45, 7) is 0.788. The zero-order chi connectivity index (χ0) is 19.8. The van der Waals surface area contributed by atoms with Crippen LogP contribution in [-0.4, -0.2) is 23.9 Å². The van der Waals surface area contributed by atoms with E-state index in [0.29, 0.717) is 24.2 Å². The minimum absolute atomic E-state index is 0.235. The van der Waals surface area contributed by atoms with E-state index in [1.165, 1.54) is 0 Å². The third-order valence-corrected chi connectivity index (χ3v) is 4.20. The molecule has 0 fully saturated rings. The van der Waals surface area contributed by atoms with Crippen LogP contribution in [0.5, 0.6) is 5.75 Å². The Hall–Kier alpha value is -3.67. The van der Waals surface area contributed by atoms with Gasteiger partial charge in [-0.15, -0.1) is 0 Å². The van der Waals surface area contributed by atoms with E-state index in [-0.39, 0.29) is 11.8 Å². The van der Waals surface area contributed by atoms with Crippen molar-refractivity contribution in [3.8, 4) is 5.75 Å². The zero-order valence-corrected chi connectivity index (χ0v) is 15.5. The minimum atomic E-state index is -0.236. The second-order valence-corrected chi connectivity index (χ2v) is 6.15. The molecule has 0 saturated heterocycles. The molecule has 0 aliphatic rings. The lowest BCUT2D eigenvalue weighted by Crippen LogP contribution is -2.25. The molecule has 2 amide bonds. The van der Waals surface area contributed by atoms with Crippen LogP contribution in [0, 0.1) is 0 Å². The van der Waals surface area contributed by atoms with Crippen molar-refractivity contribution >= 4 is 11.8 Å². The molecule has 0 aliphatic carbocycles. The molecule has 1 aromatic heterocycles. The molecule has 142 valence electrons. The number of hydrogen-bond donors (Lipinski definition) is 2. The van der Waals surface area contributed by atoms with E-state index >= 15 is 0 Å². The minimum Gasteiger partial charge on any atom is -0.497 e. The van der Waals surface area contributed by atoms with Crippen LogP contribution in [0.1, 0.15) is 31.8 Å². The van der Waals surface area contributed by atoms with Crippen LogP contribution >= 0.6 is 0 Å². The van der Waals surface area contributed by atoms with Gasteiger partial charge in [0.15, 0.2) is 0 Å². The Labute approximate surface area is 163 Å². The number of carbonyl (C=O) groups is 2. The van der Waals surface area contributed by atoms with Gasteiger partial charge in [0.05, 0.1) is 7.11 Å². The van der Waals surface area contributed by atoms with Gasteiger partial charge in [-0.3, -0.25) is 14.6 Å². The average Bonchev–Trinajstić information content (AvgIpc) is 2.77. The van der Waals surface area contributed by atoms with E-state index < -0.39 is 0 Å². The molecule has 0 aliphatic heterocycles. The van der Waals surface area contributed by atoms with Crippen molar-refractivity contribution < 1.29 is 14.3 Å². The first-order valence-electron chi connectivity index (χ1n) is 8.84. The molecule has 0 unspecified atom stereocenters. The Balaban J connectivity index is 1.58. The number of ether oxygens (including phenoxy) is 1. The molecular formula is C22H21N3O3. The Kier molecular flexibility index (Phi) is 6.36.